The quantitative estimate of drug-likeness (QED) is 0.564. The van der Waals surface area contributed by atoms with Crippen molar-refractivity contribution >= 4 is 11.7 Å². The second kappa shape index (κ2) is 9.34. The fraction of sp³-hybridized carbons (Fsp3) is 0.615. The molecule has 0 bridgehead atoms. The lowest BCUT2D eigenvalue weighted by Gasteiger charge is -2.36. The lowest BCUT2D eigenvalue weighted by molar-refractivity contribution is -0.136. The van der Waals surface area contributed by atoms with Gasteiger partial charge in [-0.15, -0.1) is 0 Å². The van der Waals surface area contributed by atoms with Gasteiger partial charge in [-0.2, -0.15) is 0 Å². The monoisotopic (exact) mass is 443 g/mol. The van der Waals surface area contributed by atoms with E-state index in [2.05, 4.69) is 26.0 Å². The van der Waals surface area contributed by atoms with Gasteiger partial charge in [0.2, 0.25) is 0 Å². The van der Waals surface area contributed by atoms with Crippen molar-refractivity contribution in [2.75, 3.05) is 13.2 Å². The van der Waals surface area contributed by atoms with Crippen molar-refractivity contribution in [2.45, 2.75) is 83.7 Å². The zero-order valence-corrected chi connectivity index (χ0v) is 19.5. The number of ether oxygens (including phenoxy) is 2. The Morgan fingerprint density at radius 3 is 2.50 bits per heavy atom. The third kappa shape index (κ3) is 4.34. The lowest BCUT2D eigenvalue weighted by Crippen LogP contribution is -2.42. The summed E-state index contributed by atoms with van der Waals surface area (Å²) >= 11 is 0. The molecule has 32 heavy (non-hydrogen) atoms. The summed E-state index contributed by atoms with van der Waals surface area (Å²) in [5.74, 6) is -0.303. The second-order valence-electron chi connectivity index (χ2n) is 9.78. The largest absolute Gasteiger partial charge is 0.483 e. The molecule has 5 nitrogen and oxygen atoms in total. The van der Waals surface area contributed by atoms with Crippen LogP contribution in [0.25, 0.3) is 0 Å². The molecule has 0 saturated heterocycles. The summed E-state index contributed by atoms with van der Waals surface area (Å²) in [6.07, 6.45) is 0.422. The predicted octanol–water partition coefficient (Wildman–Crippen LogP) is 4.87. The number of ketones is 1. The highest BCUT2D eigenvalue weighted by Crippen LogP contribution is 2.47. The minimum Gasteiger partial charge on any atom is -0.483 e. The van der Waals surface area contributed by atoms with Gasteiger partial charge in [-0.25, -0.2) is 4.39 Å². The maximum absolute atomic E-state index is 14.1. The zero-order chi connectivity index (χ0) is 23.0. The molecule has 4 unspecified atom stereocenters. The molecule has 1 aromatic rings. The molecule has 6 heteroatoms. The van der Waals surface area contributed by atoms with Crippen molar-refractivity contribution in [3.8, 4) is 0 Å². The van der Waals surface area contributed by atoms with E-state index in [4.69, 9.17) is 9.47 Å². The molecule has 0 radical (unpaired) electrons. The maximum atomic E-state index is 14.1. The second-order valence-corrected chi connectivity index (χ2v) is 9.78. The van der Waals surface area contributed by atoms with E-state index >= 15 is 0 Å². The van der Waals surface area contributed by atoms with E-state index in [1.165, 1.54) is 5.56 Å². The van der Waals surface area contributed by atoms with Gasteiger partial charge >= 0.3 is 0 Å². The summed E-state index contributed by atoms with van der Waals surface area (Å²) in [4.78, 5) is 28.7. The number of nitrogens with zero attached hydrogens (tertiary/aromatic N) is 1. The Morgan fingerprint density at radius 2 is 1.84 bits per heavy atom. The molecule has 2 heterocycles. The zero-order valence-electron chi connectivity index (χ0n) is 19.5. The fourth-order valence-electron chi connectivity index (χ4n) is 5.06. The molecule has 4 rings (SSSR count). The van der Waals surface area contributed by atoms with Crippen LogP contribution in [0.1, 0.15) is 76.5 Å². The van der Waals surface area contributed by atoms with Crippen LogP contribution in [0.5, 0.6) is 0 Å². The van der Waals surface area contributed by atoms with Crippen molar-refractivity contribution in [1.29, 1.82) is 0 Å². The molecular weight excluding hydrogens is 409 g/mol. The highest BCUT2D eigenvalue weighted by atomic mass is 19.1. The van der Waals surface area contributed by atoms with Crippen LogP contribution in [0, 0.1) is 5.92 Å². The Morgan fingerprint density at radius 1 is 1.12 bits per heavy atom. The first-order chi connectivity index (χ1) is 15.3. The number of amides is 1. The summed E-state index contributed by atoms with van der Waals surface area (Å²) in [5.41, 5.74) is 2.50. The van der Waals surface area contributed by atoms with Crippen molar-refractivity contribution in [3.05, 3.63) is 46.7 Å². The van der Waals surface area contributed by atoms with Gasteiger partial charge in [0.1, 0.15) is 12.3 Å². The first-order valence-electron chi connectivity index (χ1n) is 11.9. The molecule has 1 amide bonds. The molecule has 1 aromatic carbocycles. The minimum atomic E-state index is -0.990. The number of halogens is 1. The smallest absolute Gasteiger partial charge is 0.290 e. The Labute approximate surface area is 189 Å². The van der Waals surface area contributed by atoms with Gasteiger partial charge < -0.3 is 14.4 Å². The van der Waals surface area contributed by atoms with E-state index in [9.17, 15) is 14.0 Å². The third-order valence-electron chi connectivity index (χ3n) is 6.79. The molecule has 0 N–H and O–H groups in total. The van der Waals surface area contributed by atoms with Crippen molar-refractivity contribution in [1.82, 2.24) is 4.90 Å². The molecule has 1 saturated carbocycles. The van der Waals surface area contributed by atoms with Crippen molar-refractivity contribution in [2.24, 2.45) is 5.92 Å². The summed E-state index contributed by atoms with van der Waals surface area (Å²) in [5, 5.41) is 0. The number of carbonyl (C=O) groups excluding carboxylic acids is 2. The van der Waals surface area contributed by atoms with Crippen LogP contribution < -0.4 is 0 Å². The van der Waals surface area contributed by atoms with E-state index in [1.807, 2.05) is 26.0 Å². The molecule has 1 aliphatic carbocycles. The summed E-state index contributed by atoms with van der Waals surface area (Å²) in [6.45, 7) is 9.22. The first kappa shape index (κ1) is 23.0. The predicted molar refractivity (Wildman–Crippen MR) is 120 cm³/mol. The summed E-state index contributed by atoms with van der Waals surface area (Å²) in [7, 11) is 0. The topological polar surface area (TPSA) is 55.8 Å². The van der Waals surface area contributed by atoms with Crippen LogP contribution in [0.2, 0.25) is 0 Å². The molecular formula is C26H34FNO4. The van der Waals surface area contributed by atoms with Gasteiger partial charge in [0.05, 0.1) is 23.6 Å². The van der Waals surface area contributed by atoms with E-state index < -0.39 is 24.2 Å². The highest BCUT2D eigenvalue weighted by Gasteiger charge is 2.52. The molecule has 3 aliphatic rings. The number of carbonyl (C=O) groups is 2. The van der Waals surface area contributed by atoms with Gasteiger partial charge in [-0.3, -0.25) is 9.59 Å². The van der Waals surface area contributed by atoms with E-state index in [1.54, 1.807) is 4.90 Å². The Hall–Kier alpha value is -2.21. The Balaban J connectivity index is 1.66. The first-order valence-corrected chi connectivity index (χ1v) is 11.9. The van der Waals surface area contributed by atoms with Crippen molar-refractivity contribution < 1.29 is 23.5 Å². The standard InChI is InChI=1S/C26H34FNO4/c1-15(2)17-6-8-18(9-7-17)23-22-24(29)20-14-19(27)10-11-21(20)32-25(22)26(30)28(23)12-5-13-31-16(3)4/h6-9,15-16,19-21,23H,5,10-14H2,1-4H3. The summed E-state index contributed by atoms with van der Waals surface area (Å²) < 4.78 is 25.9. The molecule has 0 spiro atoms. The lowest BCUT2D eigenvalue weighted by atomic mass is 9.77. The molecule has 0 aromatic heterocycles. The van der Waals surface area contributed by atoms with E-state index in [-0.39, 0.29) is 30.0 Å². The van der Waals surface area contributed by atoms with Crippen LogP contribution in [0.4, 0.5) is 4.39 Å². The van der Waals surface area contributed by atoms with Gasteiger partial charge in [0.25, 0.3) is 5.91 Å². The average Bonchev–Trinajstić information content (AvgIpc) is 3.04. The van der Waals surface area contributed by atoms with Crippen LogP contribution in [-0.2, 0) is 19.1 Å². The van der Waals surface area contributed by atoms with E-state index in [0.29, 0.717) is 43.9 Å². The molecule has 2 aliphatic heterocycles. The van der Waals surface area contributed by atoms with Crippen LogP contribution in [0.15, 0.2) is 35.6 Å². The summed E-state index contributed by atoms with van der Waals surface area (Å²) in [6, 6.07) is 7.61. The number of hydrogen-bond acceptors (Lipinski definition) is 4. The number of Topliss-reactive ketones (excluding diaryl/α,β-unsaturated/α-hetero) is 1. The van der Waals surface area contributed by atoms with Gasteiger partial charge in [0, 0.05) is 13.2 Å². The SMILES string of the molecule is CC(C)OCCCN1C(=O)C2=C(C(=O)C3CC(F)CCC3O2)C1c1ccc(C(C)C)cc1. The van der Waals surface area contributed by atoms with Gasteiger partial charge in [0.15, 0.2) is 11.5 Å². The number of alkyl halides is 1. The molecule has 1 fully saturated rings. The minimum absolute atomic E-state index is 0.120. The van der Waals surface area contributed by atoms with Gasteiger partial charge in [-0.1, -0.05) is 38.1 Å². The molecule has 4 atom stereocenters. The average molecular weight is 444 g/mol. The third-order valence-corrected chi connectivity index (χ3v) is 6.79. The number of rotatable bonds is 7. The van der Waals surface area contributed by atoms with Crippen LogP contribution >= 0.6 is 0 Å². The Bertz CT molecular complexity index is 892. The number of hydrogen-bond donors (Lipinski definition) is 0. The Kier molecular flexibility index (Phi) is 6.70. The number of fused-ring (bicyclic) bond motifs is 1. The van der Waals surface area contributed by atoms with Crippen molar-refractivity contribution in [3.63, 3.8) is 0 Å². The van der Waals surface area contributed by atoms with Crippen LogP contribution in [-0.4, -0.2) is 48.1 Å². The van der Waals surface area contributed by atoms with Crippen LogP contribution in [0.3, 0.4) is 0 Å². The normalized spacial score (nSPS) is 27.8. The fourth-order valence-corrected chi connectivity index (χ4v) is 5.06. The highest BCUT2D eigenvalue weighted by molar-refractivity contribution is 6.11. The van der Waals surface area contributed by atoms with E-state index in [0.717, 1.165) is 5.56 Å². The number of benzene rings is 1. The van der Waals surface area contributed by atoms with Gasteiger partial charge in [-0.05, 0) is 56.6 Å². The maximum Gasteiger partial charge on any atom is 0.290 e. The molecule has 174 valence electrons.